The van der Waals surface area contributed by atoms with E-state index in [-0.39, 0.29) is 18.5 Å². The molecule has 1 saturated heterocycles. The molecule has 218 valence electrons. The number of piperazine rings is 1. The number of amides is 1. The second-order valence-corrected chi connectivity index (χ2v) is 11.6. The third-order valence-electron chi connectivity index (χ3n) is 8.46. The second kappa shape index (κ2) is 12.1. The van der Waals surface area contributed by atoms with E-state index in [2.05, 4.69) is 38.2 Å². The summed E-state index contributed by atoms with van der Waals surface area (Å²) in [6.07, 6.45) is 8.25. The standard InChI is InChI=1S/C31H35ClN8O2/c1-4-28(41)40-13-12-39(19-23(40)17-33-2)30-24-10-11-38(27-18-34-16-21-6-5-7-25(32)29(21)27)20-26(24)35-31(36-30)42-15-14-37(3)22-8-9-22/h4-7,16,18,22-23H,1,8-15,17,19-20H2,3H3/t23-/m0/s1. The number of nitrogens with zero attached hydrogens (tertiary/aromatic N) is 8. The van der Waals surface area contributed by atoms with Crippen molar-refractivity contribution in [3.63, 3.8) is 0 Å². The molecule has 0 bridgehead atoms. The number of rotatable bonds is 9. The number of carbonyl (C=O) groups excluding carboxylic acids is 1. The molecule has 2 fully saturated rings. The molecule has 11 heteroatoms. The van der Waals surface area contributed by atoms with Crippen LogP contribution in [0, 0.1) is 6.57 Å². The Labute approximate surface area is 251 Å². The van der Waals surface area contributed by atoms with Gasteiger partial charge in [0.15, 0.2) is 0 Å². The average Bonchev–Trinajstić information content (AvgIpc) is 3.86. The number of hydrogen-bond donors (Lipinski definition) is 0. The van der Waals surface area contributed by atoms with Crippen molar-refractivity contribution in [2.24, 2.45) is 0 Å². The number of carbonyl (C=O) groups is 1. The van der Waals surface area contributed by atoms with Crippen molar-refractivity contribution in [1.29, 1.82) is 0 Å². The summed E-state index contributed by atoms with van der Waals surface area (Å²) in [7, 11) is 2.13. The molecular weight excluding hydrogens is 552 g/mol. The Morgan fingerprint density at radius 3 is 2.88 bits per heavy atom. The van der Waals surface area contributed by atoms with Crippen LogP contribution in [0.2, 0.25) is 5.02 Å². The van der Waals surface area contributed by atoms with Gasteiger partial charge in [-0.3, -0.25) is 9.78 Å². The molecule has 1 amide bonds. The Morgan fingerprint density at radius 2 is 2.10 bits per heavy atom. The zero-order valence-corrected chi connectivity index (χ0v) is 24.6. The van der Waals surface area contributed by atoms with Crippen LogP contribution in [-0.4, -0.2) is 95.7 Å². The highest BCUT2D eigenvalue weighted by molar-refractivity contribution is 6.36. The van der Waals surface area contributed by atoms with Gasteiger partial charge in [-0.15, -0.1) is 0 Å². The molecule has 1 saturated carbocycles. The molecule has 1 aliphatic carbocycles. The van der Waals surface area contributed by atoms with Crippen molar-refractivity contribution in [2.75, 3.05) is 62.7 Å². The average molecular weight is 587 g/mol. The Balaban J connectivity index is 1.31. The van der Waals surface area contributed by atoms with Crippen molar-refractivity contribution in [1.82, 2.24) is 24.8 Å². The van der Waals surface area contributed by atoms with Gasteiger partial charge >= 0.3 is 6.01 Å². The van der Waals surface area contributed by atoms with E-state index in [9.17, 15) is 4.79 Å². The number of benzene rings is 1. The van der Waals surface area contributed by atoms with Crippen LogP contribution in [0.25, 0.3) is 15.6 Å². The number of halogens is 1. The third-order valence-corrected chi connectivity index (χ3v) is 8.78. The van der Waals surface area contributed by atoms with E-state index in [0.29, 0.717) is 49.9 Å². The van der Waals surface area contributed by atoms with E-state index < -0.39 is 0 Å². The number of fused-ring (bicyclic) bond motifs is 2. The molecule has 3 aliphatic rings. The smallest absolute Gasteiger partial charge is 0.318 e. The maximum atomic E-state index is 12.5. The zero-order chi connectivity index (χ0) is 29.2. The minimum Gasteiger partial charge on any atom is -0.462 e. The van der Waals surface area contributed by atoms with Crippen LogP contribution >= 0.6 is 11.6 Å². The first-order valence-electron chi connectivity index (χ1n) is 14.5. The molecule has 6 rings (SSSR count). The molecule has 3 aromatic rings. The van der Waals surface area contributed by atoms with Gasteiger partial charge < -0.3 is 29.2 Å². The normalized spacial score (nSPS) is 18.6. The van der Waals surface area contributed by atoms with Crippen LogP contribution in [0.1, 0.15) is 24.1 Å². The van der Waals surface area contributed by atoms with Crippen molar-refractivity contribution in [3.8, 4) is 6.01 Å². The molecule has 0 radical (unpaired) electrons. The van der Waals surface area contributed by atoms with Gasteiger partial charge in [-0.05, 0) is 38.5 Å². The second-order valence-electron chi connectivity index (χ2n) is 11.2. The fourth-order valence-electron chi connectivity index (χ4n) is 6.03. The van der Waals surface area contributed by atoms with Gasteiger partial charge in [-0.1, -0.05) is 30.3 Å². The van der Waals surface area contributed by atoms with Crippen LogP contribution < -0.4 is 14.5 Å². The molecule has 1 aromatic carbocycles. The lowest BCUT2D eigenvalue weighted by molar-refractivity contribution is -0.128. The van der Waals surface area contributed by atoms with Gasteiger partial charge in [0.2, 0.25) is 12.5 Å². The quantitative estimate of drug-likeness (QED) is 0.276. The summed E-state index contributed by atoms with van der Waals surface area (Å²) >= 11 is 6.66. The lowest BCUT2D eigenvalue weighted by atomic mass is 10.0. The SMILES string of the molecule is [C-]#[N+]C[C@H]1CN(c2nc(OCCN(C)C3CC3)nc3c2CCN(c2cncc4cccc(Cl)c24)C3)CCN1C(=O)C=C. The van der Waals surface area contributed by atoms with Gasteiger partial charge in [0.05, 0.1) is 29.1 Å². The number of likely N-dealkylation sites (N-methyl/N-ethyl adjacent to an activating group) is 1. The van der Waals surface area contributed by atoms with Crippen molar-refractivity contribution < 1.29 is 9.53 Å². The van der Waals surface area contributed by atoms with Crippen LogP contribution in [0.3, 0.4) is 0 Å². The maximum Gasteiger partial charge on any atom is 0.318 e. The summed E-state index contributed by atoms with van der Waals surface area (Å²) in [5.41, 5.74) is 2.97. The topological polar surface area (TPSA) is 82.3 Å². The Kier molecular flexibility index (Phi) is 8.13. The highest BCUT2D eigenvalue weighted by atomic mass is 35.5. The molecular formula is C31H35ClN8O2. The molecule has 10 nitrogen and oxygen atoms in total. The lowest BCUT2D eigenvalue weighted by Crippen LogP contribution is -2.56. The van der Waals surface area contributed by atoms with Crippen LogP contribution in [-0.2, 0) is 17.8 Å². The minimum atomic E-state index is -0.243. The number of ether oxygens (including phenoxy) is 1. The first-order valence-corrected chi connectivity index (χ1v) is 14.9. The number of hydrogen-bond acceptors (Lipinski definition) is 8. The maximum absolute atomic E-state index is 12.5. The van der Waals surface area contributed by atoms with E-state index in [1.54, 1.807) is 4.90 Å². The van der Waals surface area contributed by atoms with Gasteiger partial charge in [-0.25, -0.2) is 6.57 Å². The molecule has 1 atom stereocenters. The lowest BCUT2D eigenvalue weighted by Gasteiger charge is -2.41. The minimum absolute atomic E-state index is 0.144. The fraction of sp³-hybridized carbons (Fsp3) is 0.452. The summed E-state index contributed by atoms with van der Waals surface area (Å²) in [6, 6.07) is 6.64. The molecule has 2 aliphatic heterocycles. The van der Waals surface area contributed by atoms with E-state index in [1.165, 1.54) is 18.9 Å². The van der Waals surface area contributed by atoms with Gasteiger partial charge in [0, 0.05) is 61.3 Å². The van der Waals surface area contributed by atoms with Gasteiger partial charge in [0.1, 0.15) is 18.5 Å². The Morgan fingerprint density at radius 1 is 1.24 bits per heavy atom. The Bertz CT molecular complexity index is 1530. The first kappa shape index (κ1) is 28.2. The predicted octanol–water partition coefficient (Wildman–Crippen LogP) is 3.84. The highest BCUT2D eigenvalue weighted by Crippen LogP contribution is 2.36. The molecule has 4 heterocycles. The molecule has 2 aromatic heterocycles. The molecule has 0 unspecified atom stereocenters. The predicted molar refractivity (Wildman–Crippen MR) is 164 cm³/mol. The van der Waals surface area contributed by atoms with E-state index in [1.807, 2.05) is 30.6 Å². The van der Waals surface area contributed by atoms with Crippen LogP contribution in [0.15, 0.2) is 43.2 Å². The van der Waals surface area contributed by atoms with E-state index >= 15 is 0 Å². The van der Waals surface area contributed by atoms with Gasteiger partial charge in [-0.2, -0.15) is 9.97 Å². The zero-order valence-electron chi connectivity index (χ0n) is 23.9. The number of aromatic nitrogens is 3. The molecule has 0 spiro atoms. The monoisotopic (exact) mass is 586 g/mol. The highest BCUT2D eigenvalue weighted by Gasteiger charge is 2.35. The summed E-state index contributed by atoms with van der Waals surface area (Å²) in [5.74, 6) is 0.690. The molecule has 0 N–H and O–H groups in total. The van der Waals surface area contributed by atoms with Gasteiger partial charge in [0.25, 0.3) is 0 Å². The summed E-state index contributed by atoms with van der Waals surface area (Å²) in [4.78, 5) is 39.0. The Hall–Kier alpha value is -3.94. The van der Waals surface area contributed by atoms with E-state index in [0.717, 1.165) is 53.0 Å². The molecule has 42 heavy (non-hydrogen) atoms. The first-order chi connectivity index (χ1) is 20.5. The van der Waals surface area contributed by atoms with Crippen molar-refractivity contribution in [2.45, 2.75) is 37.9 Å². The fourth-order valence-corrected chi connectivity index (χ4v) is 6.31. The van der Waals surface area contributed by atoms with Crippen LogP contribution in [0.4, 0.5) is 11.5 Å². The van der Waals surface area contributed by atoms with Crippen LogP contribution in [0.5, 0.6) is 6.01 Å². The largest absolute Gasteiger partial charge is 0.462 e. The van der Waals surface area contributed by atoms with Crippen molar-refractivity contribution >= 4 is 39.8 Å². The van der Waals surface area contributed by atoms with Crippen molar-refractivity contribution in [3.05, 3.63) is 70.9 Å². The third kappa shape index (κ3) is 5.72. The summed E-state index contributed by atoms with van der Waals surface area (Å²) in [6.45, 7) is 15.6. The summed E-state index contributed by atoms with van der Waals surface area (Å²) in [5, 5.41) is 2.67. The number of anilines is 2. The van der Waals surface area contributed by atoms with E-state index in [4.69, 9.17) is 32.9 Å². The summed E-state index contributed by atoms with van der Waals surface area (Å²) < 4.78 is 6.16. The number of pyridine rings is 1.